The summed E-state index contributed by atoms with van der Waals surface area (Å²) in [5.74, 6) is 2.10. The van der Waals surface area contributed by atoms with Crippen molar-refractivity contribution in [3.8, 4) is 11.5 Å². The minimum atomic E-state index is -0.296. The van der Waals surface area contributed by atoms with E-state index >= 15 is 0 Å². The second kappa shape index (κ2) is 6.72. The molecule has 3 aromatic rings. The van der Waals surface area contributed by atoms with E-state index in [4.69, 9.17) is 9.47 Å². The van der Waals surface area contributed by atoms with Crippen LogP contribution >= 0.6 is 0 Å². The average molecular weight is 348 g/mol. The van der Waals surface area contributed by atoms with Gasteiger partial charge in [-0.1, -0.05) is 18.2 Å². The van der Waals surface area contributed by atoms with Gasteiger partial charge >= 0.3 is 0 Å². The van der Waals surface area contributed by atoms with Crippen molar-refractivity contribution >= 4 is 23.1 Å². The van der Waals surface area contributed by atoms with Crippen LogP contribution in [0, 0.1) is 6.92 Å². The van der Waals surface area contributed by atoms with Crippen LogP contribution in [0.15, 0.2) is 54.6 Å². The molecule has 7 heteroatoms. The normalized spacial score (nSPS) is 11.9. The SMILES string of the molecule is Cc1nc(Nc2ccc3c(c2)OCO3)cc(C(=O)Nc2ccccc2)n1. The molecule has 2 heterocycles. The molecule has 130 valence electrons. The van der Waals surface area contributed by atoms with Crippen molar-refractivity contribution in [3.05, 3.63) is 66.1 Å². The zero-order chi connectivity index (χ0) is 17.9. The first-order chi connectivity index (χ1) is 12.7. The Balaban J connectivity index is 1.55. The van der Waals surface area contributed by atoms with Crippen molar-refractivity contribution in [2.24, 2.45) is 0 Å². The summed E-state index contributed by atoms with van der Waals surface area (Å²) >= 11 is 0. The van der Waals surface area contributed by atoms with E-state index in [-0.39, 0.29) is 18.4 Å². The fourth-order valence-corrected chi connectivity index (χ4v) is 2.59. The molecule has 4 rings (SSSR count). The number of benzene rings is 2. The van der Waals surface area contributed by atoms with Crippen molar-refractivity contribution in [1.82, 2.24) is 9.97 Å². The predicted molar refractivity (Wildman–Crippen MR) is 97.0 cm³/mol. The van der Waals surface area contributed by atoms with Gasteiger partial charge in [-0.2, -0.15) is 0 Å². The largest absolute Gasteiger partial charge is 0.454 e. The summed E-state index contributed by atoms with van der Waals surface area (Å²) in [5, 5.41) is 5.98. The van der Waals surface area contributed by atoms with Crippen molar-refractivity contribution in [2.75, 3.05) is 17.4 Å². The standard InChI is InChI=1S/C19H16N4O3/c1-12-20-15(19(24)23-13-5-3-2-4-6-13)10-18(21-12)22-14-7-8-16-17(9-14)26-11-25-16/h2-10H,11H2,1H3,(H,23,24)(H,20,21,22). The highest BCUT2D eigenvalue weighted by Gasteiger charge is 2.15. The minimum absolute atomic E-state index is 0.217. The maximum Gasteiger partial charge on any atom is 0.274 e. The van der Waals surface area contributed by atoms with Gasteiger partial charge in [0.05, 0.1) is 0 Å². The van der Waals surface area contributed by atoms with Crippen LogP contribution in [-0.2, 0) is 0 Å². The molecule has 0 saturated heterocycles. The van der Waals surface area contributed by atoms with Crippen LogP contribution in [0.1, 0.15) is 16.3 Å². The van der Waals surface area contributed by atoms with Gasteiger partial charge in [0, 0.05) is 23.5 Å². The first kappa shape index (κ1) is 15.9. The molecule has 1 amide bonds. The molecule has 7 nitrogen and oxygen atoms in total. The van der Waals surface area contributed by atoms with E-state index in [2.05, 4.69) is 20.6 Å². The molecule has 2 N–H and O–H groups in total. The fourth-order valence-electron chi connectivity index (χ4n) is 2.59. The summed E-state index contributed by atoms with van der Waals surface area (Å²) in [7, 11) is 0. The lowest BCUT2D eigenvalue weighted by Crippen LogP contribution is -2.15. The molecule has 1 aliphatic rings. The highest BCUT2D eigenvalue weighted by atomic mass is 16.7. The zero-order valence-electron chi connectivity index (χ0n) is 14.0. The number of nitrogens with zero attached hydrogens (tertiary/aromatic N) is 2. The summed E-state index contributed by atoms with van der Waals surface area (Å²) in [6.07, 6.45) is 0. The Morgan fingerprint density at radius 3 is 2.62 bits per heavy atom. The molecule has 26 heavy (non-hydrogen) atoms. The zero-order valence-corrected chi connectivity index (χ0v) is 14.0. The molecular weight excluding hydrogens is 332 g/mol. The van der Waals surface area contributed by atoms with Crippen molar-refractivity contribution in [1.29, 1.82) is 0 Å². The van der Waals surface area contributed by atoms with Crippen molar-refractivity contribution in [3.63, 3.8) is 0 Å². The van der Waals surface area contributed by atoms with Crippen LogP contribution in [0.25, 0.3) is 0 Å². The number of rotatable bonds is 4. The third-order valence-electron chi connectivity index (χ3n) is 3.75. The molecule has 1 aromatic heterocycles. The number of anilines is 3. The first-order valence-electron chi connectivity index (χ1n) is 8.06. The molecule has 0 bridgehead atoms. The summed E-state index contributed by atoms with van der Waals surface area (Å²) in [5.41, 5.74) is 1.77. The molecule has 1 aliphatic heterocycles. The minimum Gasteiger partial charge on any atom is -0.454 e. The number of para-hydroxylation sites is 1. The van der Waals surface area contributed by atoms with E-state index in [9.17, 15) is 4.79 Å². The average Bonchev–Trinajstić information content (AvgIpc) is 3.10. The number of ether oxygens (including phenoxy) is 2. The fraction of sp³-hybridized carbons (Fsp3) is 0.105. The summed E-state index contributed by atoms with van der Waals surface area (Å²) < 4.78 is 10.7. The van der Waals surface area contributed by atoms with Gasteiger partial charge in [-0.15, -0.1) is 0 Å². The Bertz CT molecular complexity index is 960. The van der Waals surface area contributed by atoms with Gasteiger partial charge in [-0.3, -0.25) is 4.79 Å². The highest BCUT2D eigenvalue weighted by Crippen LogP contribution is 2.34. The van der Waals surface area contributed by atoms with Gasteiger partial charge in [-0.05, 0) is 31.2 Å². The third-order valence-corrected chi connectivity index (χ3v) is 3.75. The molecule has 0 fully saturated rings. The van der Waals surface area contributed by atoms with Gasteiger partial charge in [0.2, 0.25) is 6.79 Å². The summed E-state index contributed by atoms with van der Waals surface area (Å²) in [6.45, 7) is 1.96. The number of hydrogen-bond donors (Lipinski definition) is 2. The Labute approximate surface area is 150 Å². The van der Waals surface area contributed by atoms with E-state index in [0.717, 1.165) is 5.69 Å². The van der Waals surface area contributed by atoms with E-state index in [1.165, 1.54) is 0 Å². The maximum absolute atomic E-state index is 12.5. The van der Waals surface area contributed by atoms with Crippen LogP contribution in [0.3, 0.4) is 0 Å². The monoisotopic (exact) mass is 348 g/mol. The van der Waals surface area contributed by atoms with E-state index in [1.54, 1.807) is 13.0 Å². The summed E-state index contributed by atoms with van der Waals surface area (Å²) in [4.78, 5) is 21.0. The third kappa shape index (κ3) is 3.41. The number of aryl methyl sites for hydroxylation is 1. The molecule has 0 saturated carbocycles. The topological polar surface area (TPSA) is 85.4 Å². The molecule has 0 unspecified atom stereocenters. The Kier molecular flexibility index (Phi) is 4.10. The lowest BCUT2D eigenvalue weighted by atomic mass is 10.2. The number of hydrogen-bond acceptors (Lipinski definition) is 6. The van der Waals surface area contributed by atoms with Crippen LogP contribution in [0.4, 0.5) is 17.2 Å². The van der Waals surface area contributed by atoms with E-state index in [1.807, 2.05) is 48.5 Å². The second-order valence-electron chi connectivity index (χ2n) is 5.70. The smallest absolute Gasteiger partial charge is 0.274 e. The number of carbonyl (C=O) groups is 1. The number of amides is 1. The number of fused-ring (bicyclic) bond motifs is 1. The molecule has 0 atom stereocenters. The first-order valence-corrected chi connectivity index (χ1v) is 8.06. The van der Waals surface area contributed by atoms with Crippen LogP contribution in [0.2, 0.25) is 0 Å². The van der Waals surface area contributed by atoms with Crippen molar-refractivity contribution < 1.29 is 14.3 Å². The molecule has 0 radical (unpaired) electrons. The highest BCUT2D eigenvalue weighted by molar-refractivity contribution is 6.03. The van der Waals surface area contributed by atoms with Crippen LogP contribution in [-0.4, -0.2) is 22.7 Å². The quantitative estimate of drug-likeness (QED) is 0.750. The van der Waals surface area contributed by atoms with Crippen LogP contribution in [0.5, 0.6) is 11.5 Å². The Hall–Kier alpha value is -3.61. The second-order valence-corrected chi connectivity index (χ2v) is 5.70. The van der Waals surface area contributed by atoms with Crippen LogP contribution < -0.4 is 20.1 Å². The van der Waals surface area contributed by atoms with Gasteiger partial charge in [-0.25, -0.2) is 9.97 Å². The van der Waals surface area contributed by atoms with Gasteiger partial charge in [0.15, 0.2) is 11.5 Å². The molecule has 0 spiro atoms. The van der Waals surface area contributed by atoms with Gasteiger partial charge in [0.25, 0.3) is 5.91 Å². The number of carbonyl (C=O) groups excluding carboxylic acids is 1. The van der Waals surface area contributed by atoms with Gasteiger partial charge in [0.1, 0.15) is 17.3 Å². The molecular formula is C19H16N4O3. The lowest BCUT2D eigenvalue weighted by Gasteiger charge is -2.10. The predicted octanol–water partition coefficient (Wildman–Crippen LogP) is 3.51. The Morgan fingerprint density at radius 2 is 1.77 bits per heavy atom. The lowest BCUT2D eigenvalue weighted by molar-refractivity contribution is 0.102. The van der Waals surface area contributed by atoms with Crippen molar-refractivity contribution in [2.45, 2.75) is 6.92 Å². The van der Waals surface area contributed by atoms with E-state index < -0.39 is 0 Å². The Morgan fingerprint density at radius 1 is 0.962 bits per heavy atom. The maximum atomic E-state index is 12.5. The number of nitrogens with one attached hydrogen (secondary N) is 2. The molecule has 2 aromatic carbocycles. The summed E-state index contributed by atoms with van der Waals surface area (Å²) in [6, 6.07) is 16.3. The van der Waals surface area contributed by atoms with Gasteiger partial charge < -0.3 is 20.1 Å². The molecule has 0 aliphatic carbocycles. The van der Waals surface area contributed by atoms with E-state index in [0.29, 0.717) is 28.8 Å². The number of aromatic nitrogens is 2.